The zero-order valence-electron chi connectivity index (χ0n) is 7.05. The van der Waals surface area contributed by atoms with Crippen molar-refractivity contribution in [2.45, 2.75) is 32.3 Å². The molecule has 0 amide bonds. The van der Waals surface area contributed by atoms with Gasteiger partial charge < -0.3 is 9.47 Å². The number of hydrogen-bond acceptors (Lipinski definition) is 4. The summed E-state index contributed by atoms with van der Waals surface area (Å²) in [6, 6.07) is 0. The van der Waals surface area contributed by atoms with E-state index in [9.17, 15) is 9.59 Å². The van der Waals surface area contributed by atoms with Gasteiger partial charge in [0, 0.05) is 5.41 Å². The molecule has 12 heavy (non-hydrogen) atoms. The lowest BCUT2D eigenvalue weighted by atomic mass is 9.88. The molecule has 1 aliphatic heterocycles. The zero-order valence-corrected chi connectivity index (χ0v) is 7.05. The highest BCUT2D eigenvalue weighted by atomic mass is 16.8. The van der Waals surface area contributed by atoms with Crippen molar-refractivity contribution in [3.63, 3.8) is 0 Å². The second-order valence-electron chi connectivity index (χ2n) is 3.84. The number of rotatable bonds is 1. The van der Waals surface area contributed by atoms with Crippen LogP contribution in [-0.4, -0.2) is 17.7 Å². The van der Waals surface area contributed by atoms with E-state index in [0.717, 1.165) is 12.8 Å². The Balaban J connectivity index is 2.31. The number of hydrogen-bond donors (Lipinski definition) is 0. The minimum absolute atomic E-state index is 0.198. The van der Waals surface area contributed by atoms with Crippen LogP contribution in [-0.2, 0) is 14.3 Å². The van der Waals surface area contributed by atoms with Crippen LogP contribution in [0.4, 0.5) is 4.79 Å². The summed E-state index contributed by atoms with van der Waals surface area (Å²) in [5.74, 6) is -0.549. The Kier molecular flexibility index (Phi) is 1.14. The van der Waals surface area contributed by atoms with Crippen LogP contribution in [0.15, 0.2) is 0 Å². The van der Waals surface area contributed by atoms with Gasteiger partial charge in [-0.1, -0.05) is 6.92 Å². The highest BCUT2D eigenvalue weighted by Crippen LogP contribution is 2.57. The van der Waals surface area contributed by atoms with Crippen LogP contribution in [0.5, 0.6) is 0 Å². The van der Waals surface area contributed by atoms with Gasteiger partial charge in [-0.15, -0.1) is 0 Å². The van der Waals surface area contributed by atoms with Gasteiger partial charge in [0.1, 0.15) is 0 Å². The van der Waals surface area contributed by atoms with E-state index < -0.39 is 17.7 Å². The van der Waals surface area contributed by atoms with Gasteiger partial charge in [0.05, 0.1) is 0 Å². The average molecular weight is 170 g/mol. The van der Waals surface area contributed by atoms with Crippen molar-refractivity contribution in [2.75, 3.05) is 0 Å². The lowest BCUT2D eigenvalue weighted by Gasteiger charge is -2.24. The molecule has 0 aromatic rings. The van der Waals surface area contributed by atoms with Gasteiger partial charge in [0.2, 0.25) is 5.60 Å². The minimum Gasteiger partial charge on any atom is -0.415 e. The van der Waals surface area contributed by atoms with Crippen LogP contribution in [0.1, 0.15) is 26.7 Å². The Labute approximate surface area is 69.8 Å². The summed E-state index contributed by atoms with van der Waals surface area (Å²) in [6.45, 7) is 3.54. The number of esters is 1. The van der Waals surface area contributed by atoms with Crippen LogP contribution in [0.25, 0.3) is 0 Å². The van der Waals surface area contributed by atoms with Crippen LogP contribution < -0.4 is 0 Å². The van der Waals surface area contributed by atoms with E-state index in [1.165, 1.54) is 0 Å². The Bertz CT molecular complexity index is 266. The van der Waals surface area contributed by atoms with E-state index >= 15 is 0 Å². The van der Waals surface area contributed by atoms with Crippen molar-refractivity contribution in [3.8, 4) is 0 Å². The summed E-state index contributed by atoms with van der Waals surface area (Å²) in [5.41, 5.74) is -1.24. The van der Waals surface area contributed by atoms with E-state index in [1.54, 1.807) is 6.92 Å². The smallest absolute Gasteiger partial charge is 0.415 e. The summed E-state index contributed by atoms with van der Waals surface area (Å²) in [5, 5.41) is 0. The first-order chi connectivity index (χ1) is 5.48. The predicted octanol–water partition coefficient (Wildman–Crippen LogP) is 1.24. The molecule has 1 aliphatic carbocycles. The molecular weight excluding hydrogens is 160 g/mol. The predicted molar refractivity (Wildman–Crippen MR) is 38.3 cm³/mol. The van der Waals surface area contributed by atoms with Crippen molar-refractivity contribution in [3.05, 3.63) is 0 Å². The summed E-state index contributed by atoms with van der Waals surface area (Å²) < 4.78 is 9.22. The van der Waals surface area contributed by atoms with Crippen molar-refractivity contribution >= 4 is 12.1 Å². The van der Waals surface area contributed by atoms with E-state index in [4.69, 9.17) is 4.74 Å². The van der Waals surface area contributed by atoms with E-state index in [2.05, 4.69) is 4.74 Å². The molecule has 2 rings (SSSR count). The first-order valence-corrected chi connectivity index (χ1v) is 3.93. The second kappa shape index (κ2) is 1.81. The van der Waals surface area contributed by atoms with Crippen LogP contribution >= 0.6 is 0 Å². The highest BCUT2D eigenvalue weighted by molar-refractivity contribution is 5.95. The largest absolute Gasteiger partial charge is 0.517 e. The minimum atomic E-state index is -1.04. The maximum atomic E-state index is 11.2. The molecule has 1 heterocycles. The fourth-order valence-corrected chi connectivity index (χ4v) is 1.44. The molecule has 66 valence electrons. The van der Waals surface area contributed by atoms with Gasteiger partial charge in [-0.3, -0.25) is 0 Å². The maximum absolute atomic E-state index is 11.2. The molecule has 0 bridgehead atoms. The lowest BCUT2D eigenvalue weighted by molar-refractivity contribution is -0.146. The quantitative estimate of drug-likeness (QED) is 0.439. The molecule has 1 saturated carbocycles. The topological polar surface area (TPSA) is 52.6 Å². The number of cyclic esters (lactones) is 3. The monoisotopic (exact) mass is 170 g/mol. The molecule has 1 saturated heterocycles. The van der Waals surface area contributed by atoms with Crippen LogP contribution in [0.2, 0.25) is 0 Å². The number of carbonyl (C=O) groups excluding carboxylic acids is 2. The third-order valence-electron chi connectivity index (χ3n) is 3.00. The first-order valence-electron chi connectivity index (χ1n) is 3.93. The molecule has 1 unspecified atom stereocenters. The standard InChI is InChI=1S/C8H10O4/c1-7(3-4-7)8(2)5(9)11-6(10)12-8/h3-4H2,1-2H3. The second-order valence-corrected chi connectivity index (χ2v) is 3.84. The lowest BCUT2D eigenvalue weighted by Crippen LogP contribution is -2.41. The van der Waals surface area contributed by atoms with Crippen molar-refractivity contribution < 1.29 is 19.1 Å². The van der Waals surface area contributed by atoms with E-state index in [0.29, 0.717) is 0 Å². The van der Waals surface area contributed by atoms with Gasteiger partial charge in [-0.25, -0.2) is 9.59 Å². The summed E-state index contributed by atoms with van der Waals surface area (Å²) in [6.07, 6.45) is 0.952. The molecule has 0 radical (unpaired) electrons. The number of carbonyl (C=O) groups is 2. The first kappa shape index (κ1) is 7.58. The third kappa shape index (κ3) is 0.722. The molecule has 0 N–H and O–H groups in total. The molecule has 0 aromatic carbocycles. The average Bonchev–Trinajstić information content (AvgIpc) is 2.62. The molecule has 4 heteroatoms. The Hall–Kier alpha value is -1.06. The number of ether oxygens (including phenoxy) is 2. The Morgan fingerprint density at radius 2 is 1.83 bits per heavy atom. The highest BCUT2D eigenvalue weighted by Gasteiger charge is 2.65. The molecule has 2 fully saturated rings. The molecular formula is C8H10O4. The third-order valence-corrected chi connectivity index (χ3v) is 3.00. The molecule has 2 aliphatic rings. The molecule has 0 spiro atoms. The summed E-state index contributed by atoms with van der Waals surface area (Å²) in [7, 11) is 0. The van der Waals surface area contributed by atoms with Gasteiger partial charge in [0.25, 0.3) is 0 Å². The van der Waals surface area contributed by atoms with Crippen LogP contribution in [0.3, 0.4) is 0 Å². The zero-order chi connectivity index (χ0) is 8.98. The fraction of sp³-hybridized carbons (Fsp3) is 0.750. The van der Waals surface area contributed by atoms with Gasteiger partial charge in [-0.2, -0.15) is 0 Å². The van der Waals surface area contributed by atoms with E-state index in [1.807, 2.05) is 6.92 Å². The SMILES string of the molecule is CC1(C2(C)OC(=O)OC2=O)CC1. The molecule has 1 atom stereocenters. The van der Waals surface area contributed by atoms with Gasteiger partial charge in [-0.05, 0) is 19.8 Å². The van der Waals surface area contributed by atoms with Crippen LogP contribution in [0, 0.1) is 5.41 Å². The van der Waals surface area contributed by atoms with Crippen molar-refractivity contribution in [1.29, 1.82) is 0 Å². The summed E-state index contributed by atoms with van der Waals surface area (Å²) in [4.78, 5) is 21.9. The normalized spacial score (nSPS) is 37.5. The van der Waals surface area contributed by atoms with Crippen molar-refractivity contribution in [1.82, 2.24) is 0 Å². The molecule has 0 aromatic heterocycles. The van der Waals surface area contributed by atoms with E-state index in [-0.39, 0.29) is 5.41 Å². The Morgan fingerprint density at radius 1 is 1.25 bits per heavy atom. The fourth-order valence-electron chi connectivity index (χ4n) is 1.44. The van der Waals surface area contributed by atoms with Gasteiger partial charge >= 0.3 is 12.1 Å². The van der Waals surface area contributed by atoms with Gasteiger partial charge in [0.15, 0.2) is 0 Å². The maximum Gasteiger partial charge on any atom is 0.517 e. The molecule has 4 nitrogen and oxygen atoms in total. The Morgan fingerprint density at radius 3 is 2.17 bits per heavy atom. The summed E-state index contributed by atoms with van der Waals surface area (Å²) >= 11 is 0. The van der Waals surface area contributed by atoms with Crippen molar-refractivity contribution in [2.24, 2.45) is 5.41 Å².